The van der Waals surface area contributed by atoms with Crippen molar-refractivity contribution in [1.82, 2.24) is 5.32 Å². The standard InChI is InChI=1S/C13H15Cl2NO/c1-9(2)8-16-12(17)7-6-10-4-3-5-11(14)13(10)15/h3-7,9H,8H2,1-2H3,(H,16,17). The van der Waals surface area contributed by atoms with E-state index in [0.29, 0.717) is 22.5 Å². The molecule has 92 valence electrons. The molecule has 17 heavy (non-hydrogen) atoms. The van der Waals surface area contributed by atoms with Crippen LogP contribution in [0.25, 0.3) is 6.08 Å². The Morgan fingerprint density at radius 2 is 2.12 bits per heavy atom. The predicted molar refractivity (Wildman–Crippen MR) is 73.3 cm³/mol. The van der Waals surface area contributed by atoms with Gasteiger partial charge in [0.1, 0.15) is 0 Å². The highest BCUT2D eigenvalue weighted by atomic mass is 35.5. The molecule has 1 N–H and O–H groups in total. The van der Waals surface area contributed by atoms with Crippen molar-refractivity contribution in [1.29, 1.82) is 0 Å². The molecule has 0 radical (unpaired) electrons. The van der Waals surface area contributed by atoms with Crippen LogP contribution in [0.1, 0.15) is 19.4 Å². The van der Waals surface area contributed by atoms with Gasteiger partial charge in [-0.15, -0.1) is 0 Å². The fraction of sp³-hybridized carbons (Fsp3) is 0.308. The van der Waals surface area contributed by atoms with Crippen LogP contribution in [0.4, 0.5) is 0 Å². The first-order valence-corrected chi connectivity index (χ1v) is 6.16. The molecule has 0 aliphatic carbocycles. The number of nitrogens with one attached hydrogen (secondary N) is 1. The van der Waals surface area contributed by atoms with E-state index in [1.54, 1.807) is 24.3 Å². The summed E-state index contributed by atoms with van der Waals surface area (Å²) in [6.07, 6.45) is 3.11. The average molecular weight is 272 g/mol. The molecule has 0 aromatic heterocycles. The molecular formula is C13H15Cl2NO. The topological polar surface area (TPSA) is 29.1 Å². The summed E-state index contributed by atoms with van der Waals surface area (Å²) in [5, 5.41) is 3.73. The van der Waals surface area contributed by atoms with E-state index in [1.807, 2.05) is 13.8 Å². The second-order valence-corrected chi connectivity index (χ2v) is 4.90. The second-order valence-electron chi connectivity index (χ2n) is 4.12. The van der Waals surface area contributed by atoms with Gasteiger partial charge >= 0.3 is 0 Å². The molecule has 0 aliphatic rings. The zero-order valence-corrected chi connectivity index (χ0v) is 11.3. The lowest BCUT2D eigenvalue weighted by molar-refractivity contribution is -0.116. The minimum Gasteiger partial charge on any atom is -0.352 e. The highest BCUT2D eigenvalue weighted by Crippen LogP contribution is 2.26. The minimum absolute atomic E-state index is 0.130. The Balaban J connectivity index is 2.64. The third-order valence-electron chi connectivity index (χ3n) is 2.08. The summed E-state index contributed by atoms with van der Waals surface area (Å²) >= 11 is 11.9. The highest BCUT2D eigenvalue weighted by Gasteiger charge is 2.02. The van der Waals surface area contributed by atoms with E-state index in [0.717, 1.165) is 5.56 Å². The van der Waals surface area contributed by atoms with Gasteiger partial charge in [-0.1, -0.05) is 49.2 Å². The first-order valence-electron chi connectivity index (χ1n) is 5.40. The van der Waals surface area contributed by atoms with Crippen LogP contribution in [0.3, 0.4) is 0 Å². The number of carbonyl (C=O) groups is 1. The van der Waals surface area contributed by atoms with E-state index in [4.69, 9.17) is 23.2 Å². The molecule has 0 saturated heterocycles. The first kappa shape index (κ1) is 14.1. The lowest BCUT2D eigenvalue weighted by Gasteiger charge is -2.04. The minimum atomic E-state index is -0.130. The largest absolute Gasteiger partial charge is 0.352 e. The van der Waals surface area contributed by atoms with Gasteiger partial charge in [-0.2, -0.15) is 0 Å². The van der Waals surface area contributed by atoms with Gasteiger partial charge in [-0.25, -0.2) is 0 Å². The number of hydrogen-bond acceptors (Lipinski definition) is 1. The SMILES string of the molecule is CC(C)CNC(=O)C=Cc1cccc(Cl)c1Cl. The lowest BCUT2D eigenvalue weighted by atomic mass is 10.2. The molecule has 0 saturated carbocycles. The smallest absolute Gasteiger partial charge is 0.244 e. The summed E-state index contributed by atoms with van der Waals surface area (Å²) in [4.78, 5) is 11.4. The first-order chi connectivity index (χ1) is 8.00. The summed E-state index contributed by atoms with van der Waals surface area (Å²) in [5.74, 6) is 0.303. The molecule has 0 atom stereocenters. The normalized spacial score (nSPS) is 11.1. The Kier molecular flexibility index (Phi) is 5.52. The van der Waals surface area contributed by atoms with Crippen molar-refractivity contribution in [2.45, 2.75) is 13.8 Å². The third kappa shape index (κ3) is 4.80. The fourth-order valence-electron chi connectivity index (χ4n) is 1.18. The van der Waals surface area contributed by atoms with Gasteiger partial charge in [-0.3, -0.25) is 4.79 Å². The Labute approximate surface area is 112 Å². The average Bonchev–Trinajstić information content (AvgIpc) is 2.28. The number of benzene rings is 1. The maximum Gasteiger partial charge on any atom is 0.244 e. The molecule has 4 heteroatoms. The molecule has 0 bridgehead atoms. The van der Waals surface area contributed by atoms with E-state index in [1.165, 1.54) is 6.08 Å². The Bertz CT molecular complexity index is 427. The van der Waals surface area contributed by atoms with Crippen LogP contribution in [-0.4, -0.2) is 12.5 Å². The van der Waals surface area contributed by atoms with Crippen molar-refractivity contribution in [3.05, 3.63) is 39.9 Å². The van der Waals surface area contributed by atoms with Crippen LogP contribution < -0.4 is 5.32 Å². The molecule has 0 aliphatic heterocycles. The number of amides is 1. The van der Waals surface area contributed by atoms with Crippen LogP contribution >= 0.6 is 23.2 Å². The number of rotatable bonds is 4. The molecule has 0 unspecified atom stereocenters. The second kappa shape index (κ2) is 6.67. The van der Waals surface area contributed by atoms with Crippen LogP contribution in [-0.2, 0) is 4.79 Å². The van der Waals surface area contributed by atoms with Crippen LogP contribution in [0.5, 0.6) is 0 Å². The van der Waals surface area contributed by atoms with Crippen LogP contribution in [0, 0.1) is 5.92 Å². The van der Waals surface area contributed by atoms with Gasteiger partial charge in [0.05, 0.1) is 10.0 Å². The summed E-state index contributed by atoms with van der Waals surface area (Å²) in [5.41, 5.74) is 0.735. The van der Waals surface area contributed by atoms with Gasteiger partial charge in [-0.05, 0) is 23.6 Å². The molecule has 1 rings (SSSR count). The molecular weight excluding hydrogens is 257 g/mol. The Morgan fingerprint density at radius 1 is 1.41 bits per heavy atom. The van der Waals surface area contributed by atoms with Gasteiger partial charge < -0.3 is 5.32 Å². The van der Waals surface area contributed by atoms with E-state index in [-0.39, 0.29) is 5.91 Å². The molecule has 1 aromatic carbocycles. The van der Waals surface area contributed by atoms with Crippen molar-refractivity contribution in [2.24, 2.45) is 5.92 Å². The number of carbonyl (C=O) groups excluding carboxylic acids is 1. The van der Waals surface area contributed by atoms with Crippen molar-refractivity contribution >= 4 is 35.2 Å². The van der Waals surface area contributed by atoms with E-state index in [2.05, 4.69) is 5.32 Å². The van der Waals surface area contributed by atoms with Gasteiger partial charge in [0, 0.05) is 12.6 Å². The van der Waals surface area contributed by atoms with E-state index in [9.17, 15) is 4.79 Å². The Hall–Kier alpha value is -0.990. The molecule has 0 spiro atoms. The molecule has 2 nitrogen and oxygen atoms in total. The molecule has 0 heterocycles. The lowest BCUT2D eigenvalue weighted by Crippen LogP contribution is -2.25. The maximum absolute atomic E-state index is 11.4. The fourth-order valence-corrected chi connectivity index (χ4v) is 1.55. The number of halogens is 2. The monoisotopic (exact) mass is 271 g/mol. The zero-order chi connectivity index (χ0) is 12.8. The summed E-state index contributed by atoms with van der Waals surface area (Å²) in [6.45, 7) is 4.74. The van der Waals surface area contributed by atoms with Crippen LogP contribution in [0.2, 0.25) is 10.0 Å². The predicted octanol–water partition coefficient (Wildman–Crippen LogP) is 3.78. The van der Waals surface area contributed by atoms with Crippen molar-refractivity contribution in [3.8, 4) is 0 Å². The van der Waals surface area contributed by atoms with Crippen molar-refractivity contribution < 1.29 is 4.79 Å². The molecule has 1 amide bonds. The van der Waals surface area contributed by atoms with Gasteiger partial charge in [0.25, 0.3) is 0 Å². The highest BCUT2D eigenvalue weighted by molar-refractivity contribution is 6.42. The molecule has 0 fully saturated rings. The zero-order valence-electron chi connectivity index (χ0n) is 9.84. The summed E-state index contributed by atoms with van der Waals surface area (Å²) in [7, 11) is 0. The van der Waals surface area contributed by atoms with Crippen molar-refractivity contribution in [3.63, 3.8) is 0 Å². The number of hydrogen-bond donors (Lipinski definition) is 1. The van der Waals surface area contributed by atoms with Gasteiger partial charge in [0.15, 0.2) is 0 Å². The van der Waals surface area contributed by atoms with E-state index >= 15 is 0 Å². The van der Waals surface area contributed by atoms with Crippen LogP contribution in [0.15, 0.2) is 24.3 Å². The third-order valence-corrected chi connectivity index (χ3v) is 2.91. The van der Waals surface area contributed by atoms with E-state index < -0.39 is 0 Å². The van der Waals surface area contributed by atoms with Gasteiger partial charge in [0.2, 0.25) is 5.91 Å². The summed E-state index contributed by atoms with van der Waals surface area (Å²) < 4.78 is 0. The maximum atomic E-state index is 11.4. The molecule has 1 aromatic rings. The Morgan fingerprint density at radius 3 is 2.76 bits per heavy atom. The summed E-state index contributed by atoms with van der Waals surface area (Å²) in [6, 6.07) is 5.31. The van der Waals surface area contributed by atoms with Crippen molar-refractivity contribution in [2.75, 3.05) is 6.54 Å². The quantitative estimate of drug-likeness (QED) is 0.830.